The van der Waals surface area contributed by atoms with Crippen LogP contribution in [-0.2, 0) is 9.59 Å². The summed E-state index contributed by atoms with van der Waals surface area (Å²) >= 11 is 0. The van der Waals surface area contributed by atoms with Crippen molar-refractivity contribution in [1.82, 2.24) is 4.90 Å². The maximum atomic E-state index is 12.5. The van der Waals surface area contributed by atoms with Crippen LogP contribution >= 0.6 is 0 Å². The number of likely N-dealkylation sites (tertiary alicyclic amines) is 1. The lowest BCUT2D eigenvalue weighted by molar-refractivity contribution is -0.134. The number of amides is 2. The van der Waals surface area contributed by atoms with Crippen molar-refractivity contribution in [2.24, 2.45) is 0 Å². The van der Waals surface area contributed by atoms with Gasteiger partial charge in [0.25, 0.3) is 0 Å². The Bertz CT molecular complexity index is 804. The summed E-state index contributed by atoms with van der Waals surface area (Å²) in [6.45, 7) is 3.24. The summed E-state index contributed by atoms with van der Waals surface area (Å²) < 4.78 is 11.4. The summed E-state index contributed by atoms with van der Waals surface area (Å²) in [6.07, 6.45) is 3.39. The van der Waals surface area contributed by atoms with Crippen molar-refractivity contribution in [1.29, 1.82) is 0 Å². The van der Waals surface area contributed by atoms with E-state index >= 15 is 0 Å². The molecule has 6 nitrogen and oxygen atoms in total. The van der Waals surface area contributed by atoms with E-state index in [1.807, 2.05) is 43.3 Å². The highest BCUT2D eigenvalue weighted by molar-refractivity contribution is 5.95. The lowest BCUT2D eigenvalue weighted by Crippen LogP contribution is -2.37. The van der Waals surface area contributed by atoms with Gasteiger partial charge in [0.05, 0.1) is 18.8 Å². The van der Waals surface area contributed by atoms with E-state index in [4.69, 9.17) is 9.47 Å². The third kappa shape index (κ3) is 5.49. The number of hydrogen-bond donors (Lipinski definition) is 1. The van der Waals surface area contributed by atoms with E-state index in [1.54, 1.807) is 17.0 Å². The normalized spacial score (nSPS) is 14.3. The molecule has 1 aliphatic heterocycles. The van der Waals surface area contributed by atoms with E-state index in [9.17, 15) is 9.59 Å². The van der Waals surface area contributed by atoms with Crippen molar-refractivity contribution in [3.8, 4) is 17.2 Å². The minimum absolute atomic E-state index is 0.0478. The van der Waals surface area contributed by atoms with Crippen molar-refractivity contribution >= 4 is 17.5 Å². The first-order valence-corrected chi connectivity index (χ1v) is 9.73. The summed E-state index contributed by atoms with van der Waals surface area (Å²) in [5.41, 5.74) is 0.573. The van der Waals surface area contributed by atoms with Gasteiger partial charge in [-0.3, -0.25) is 9.59 Å². The molecule has 1 heterocycles. The zero-order valence-corrected chi connectivity index (χ0v) is 16.1. The Morgan fingerprint density at radius 1 is 1.04 bits per heavy atom. The summed E-state index contributed by atoms with van der Waals surface area (Å²) in [5.74, 6) is 1.79. The van der Waals surface area contributed by atoms with Gasteiger partial charge in [-0.25, -0.2) is 0 Å². The second-order valence-electron chi connectivity index (χ2n) is 6.68. The molecule has 2 aromatic rings. The quantitative estimate of drug-likeness (QED) is 0.779. The van der Waals surface area contributed by atoms with Crippen molar-refractivity contribution < 1.29 is 19.1 Å². The zero-order chi connectivity index (χ0) is 19.8. The lowest BCUT2D eigenvalue weighted by Gasteiger charge is -2.20. The minimum Gasteiger partial charge on any atom is -0.494 e. The lowest BCUT2D eigenvalue weighted by atomic mass is 10.2. The van der Waals surface area contributed by atoms with Crippen LogP contribution in [0, 0.1) is 0 Å². The van der Waals surface area contributed by atoms with Crippen molar-refractivity contribution in [2.45, 2.75) is 32.6 Å². The van der Waals surface area contributed by atoms with Crippen molar-refractivity contribution in [3.05, 3.63) is 48.5 Å². The molecule has 1 N–H and O–H groups in total. The van der Waals surface area contributed by atoms with Crippen LogP contribution in [0.4, 0.5) is 5.69 Å². The Morgan fingerprint density at radius 2 is 1.79 bits per heavy atom. The second-order valence-corrected chi connectivity index (χ2v) is 6.68. The molecule has 3 rings (SSSR count). The van der Waals surface area contributed by atoms with Gasteiger partial charge in [-0.15, -0.1) is 0 Å². The molecule has 2 aromatic carbocycles. The highest BCUT2D eigenvalue weighted by Gasteiger charge is 2.19. The Labute approximate surface area is 165 Å². The number of benzene rings is 2. The van der Waals surface area contributed by atoms with Gasteiger partial charge >= 0.3 is 0 Å². The molecule has 6 heteroatoms. The van der Waals surface area contributed by atoms with Crippen LogP contribution in [-0.4, -0.2) is 36.4 Å². The molecule has 0 spiro atoms. The van der Waals surface area contributed by atoms with Gasteiger partial charge < -0.3 is 19.7 Å². The second kappa shape index (κ2) is 9.78. The predicted octanol–water partition coefficient (Wildman–Crippen LogP) is 4.22. The molecule has 0 bridgehead atoms. The summed E-state index contributed by atoms with van der Waals surface area (Å²) in [5, 5.41) is 2.87. The molecule has 0 atom stereocenters. The maximum absolute atomic E-state index is 12.5. The molecule has 28 heavy (non-hydrogen) atoms. The smallest absolute Gasteiger partial charge is 0.244 e. The largest absolute Gasteiger partial charge is 0.494 e. The van der Waals surface area contributed by atoms with Crippen LogP contribution in [0.1, 0.15) is 32.6 Å². The average Bonchev–Trinajstić information content (AvgIpc) is 2.89. The third-order valence-electron chi connectivity index (χ3n) is 4.53. The fourth-order valence-corrected chi connectivity index (χ4v) is 3.13. The fraction of sp³-hybridized carbons (Fsp3) is 0.364. The Kier molecular flexibility index (Phi) is 6.89. The SMILES string of the molecule is CCOc1ccc(Oc2ccccc2NC(=O)CN2CCCCCC2=O)cc1. The van der Waals surface area contributed by atoms with Gasteiger partial charge in [0, 0.05) is 13.0 Å². The number of carbonyl (C=O) groups is 2. The van der Waals surface area contributed by atoms with Crippen LogP contribution in [0.3, 0.4) is 0 Å². The predicted molar refractivity (Wildman–Crippen MR) is 108 cm³/mol. The highest BCUT2D eigenvalue weighted by Crippen LogP contribution is 2.30. The summed E-state index contributed by atoms with van der Waals surface area (Å²) in [7, 11) is 0. The monoisotopic (exact) mass is 382 g/mol. The molecule has 0 radical (unpaired) electrons. The van der Waals surface area contributed by atoms with Gasteiger partial charge in [0.15, 0.2) is 5.75 Å². The average molecular weight is 382 g/mol. The molecule has 0 aliphatic carbocycles. The van der Waals surface area contributed by atoms with Gasteiger partial charge in [-0.2, -0.15) is 0 Å². The first-order valence-electron chi connectivity index (χ1n) is 9.73. The molecule has 1 saturated heterocycles. The van der Waals surface area contributed by atoms with E-state index < -0.39 is 0 Å². The molecule has 0 saturated carbocycles. The van der Waals surface area contributed by atoms with E-state index in [0.29, 0.717) is 36.8 Å². The first kappa shape index (κ1) is 19.7. The fourth-order valence-electron chi connectivity index (χ4n) is 3.13. The molecule has 148 valence electrons. The number of nitrogens with one attached hydrogen (secondary N) is 1. The standard InChI is InChI=1S/C22H26N2O4/c1-2-27-17-11-13-18(14-12-17)28-20-9-6-5-8-19(20)23-21(25)16-24-15-7-3-4-10-22(24)26/h5-6,8-9,11-14H,2-4,7,10,15-16H2,1H3,(H,23,25). The van der Waals surface area contributed by atoms with E-state index in [0.717, 1.165) is 25.0 Å². The molecule has 0 unspecified atom stereocenters. The van der Waals surface area contributed by atoms with Gasteiger partial charge in [0.2, 0.25) is 11.8 Å². The number of ether oxygens (including phenoxy) is 2. The van der Waals surface area contributed by atoms with Crippen LogP contribution in [0.25, 0.3) is 0 Å². The van der Waals surface area contributed by atoms with Crippen molar-refractivity contribution in [3.63, 3.8) is 0 Å². The van der Waals surface area contributed by atoms with Gasteiger partial charge in [-0.05, 0) is 56.2 Å². The summed E-state index contributed by atoms with van der Waals surface area (Å²) in [4.78, 5) is 26.2. The van der Waals surface area contributed by atoms with Gasteiger partial charge in [0.1, 0.15) is 11.5 Å². The molecule has 1 aliphatic rings. The van der Waals surface area contributed by atoms with Crippen LogP contribution < -0.4 is 14.8 Å². The van der Waals surface area contributed by atoms with E-state index in [-0.39, 0.29) is 18.4 Å². The van der Waals surface area contributed by atoms with E-state index in [2.05, 4.69) is 5.32 Å². The number of nitrogens with zero attached hydrogens (tertiary/aromatic N) is 1. The van der Waals surface area contributed by atoms with Crippen LogP contribution in [0.15, 0.2) is 48.5 Å². The van der Waals surface area contributed by atoms with Crippen molar-refractivity contribution in [2.75, 3.05) is 25.0 Å². The van der Waals surface area contributed by atoms with E-state index in [1.165, 1.54) is 0 Å². The van der Waals surface area contributed by atoms with Crippen LogP contribution in [0.5, 0.6) is 17.2 Å². The molecular weight excluding hydrogens is 356 g/mol. The minimum atomic E-state index is -0.224. The molecule has 2 amide bonds. The highest BCUT2D eigenvalue weighted by atomic mass is 16.5. The maximum Gasteiger partial charge on any atom is 0.244 e. The number of carbonyl (C=O) groups excluding carboxylic acids is 2. The third-order valence-corrected chi connectivity index (χ3v) is 4.53. The first-order chi connectivity index (χ1) is 13.7. The zero-order valence-electron chi connectivity index (χ0n) is 16.1. The molecule has 1 fully saturated rings. The van der Waals surface area contributed by atoms with Crippen LogP contribution in [0.2, 0.25) is 0 Å². The van der Waals surface area contributed by atoms with Gasteiger partial charge in [-0.1, -0.05) is 18.6 Å². The number of rotatable bonds is 7. The Morgan fingerprint density at radius 3 is 2.57 bits per heavy atom. The molecular formula is C22H26N2O4. The number of hydrogen-bond acceptors (Lipinski definition) is 4. The number of anilines is 1. The number of para-hydroxylation sites is 2. The topological polar surface area (TPSA) is 67.9 Å². The Balaban J connectivity index is 1.64. The summed E-state index contributed by atoms with van der Waals surface area (Å²) in [6, 6.07) is 14.6. The Hall–Kier alpha value is -3.02. The molecule has 0 aromatic heterocycles.